The zero-order valence-electron chi connectivity index (χ0n) is 7.88. The summed E-state index contributed by atoms with van der Waals surface area (Å²) < 4.78 is 4.94. The molecular weight excluding hydrogens is 182 g/mol. The summed E-state index contributed by atoms with van der Waals surface area (Å²) in [6.07, 6.45) is 0. The van der Waals surface area contributed by atoms with E-state index in [1.165, 1.54) is 6.07 Å². The largest absolute Gasteiger partial charge is 0.405 e. The third-order valence-electron chi connectivity index (χ3n) is 2.35. The lowest BCUT2D eigenvalue weighted by molar-refractivity contribution is 0.541. The molecule has 0 saturated carbocycles. The Bertz CT molecular complexity index is 607. The lowest BCUT2D eigenvalue weighted by Gasteiger charge is -2.01. The molecule has 0 aliphatic carbocycles. The Hall–Kier alpha value is -1.84. The third kappa shape index (κ3) is 1.16. The zero-order chi connectivity index (χ0) is 10.3. The summed E-state index contributed by atoms with van der Waals surface area (Å²) in [4.78, 5) is 24.7. The average Bonchev–Trinajstić information content (AvgIpc) is 2.14. The molecule has 72 valence electrons. The van der Waals surface area contributed by atoms with Gasteiger partial charge in [0.05, 0.1) is 0 Å². The summed E-state index contributed by atoms with van der Waals surface area (Å²) in [6, 6.07) is 3.06. The van der Waals surface area contributed by atoms with E-state index in [4.69, 9.17) is 4.42 Å². The van der Waals surface area contributed by atoms with Gasteiger partial charge in [0.1, 0.15) is 0 Å². The van der Waals surface area contributed by atoms with E-state index < -0.39 is 5.63 Å². The molecule has 2 aromatic rings. The van der Waals surface area contributed by atoms with E-state index >= 15 is 0 Å². The predicted molar refractivity (Wildman–Crippen MR) is 52.6 cm³/mol. The number of H-pyrrole nitrogens is 1. The summed E-state index contributed by atoms with van der Waals surface area (Å²) in [5.41, 5.74) is 0.975. The van der Waals surface area contributed by atoms with E-state index in [1.54, 1.807) is 13.0 Å². The molecule has 0 spiro atoms. The summed E-state index contributed by atoms with van der Waals surface area (Å²) in [7, 11) is 0. The molecular formula is C10H9NO3. The molecule has 0 aromatic carbocycles. The van der Waals surface area contributed by atoms with Crippen LogP contribution in [0.4, 0.5) is 0 Å². The van der Waals surface area contributed by atoms with Gasteiger partial charge in [0, 0.05) is 17.0 Å². The van der Waals surface area contributed by atoms with Crippen LogP contribution in [0.1, 0.15) is 11.1 Å². The molecule has 0 bridgehead atoms. The van der Waals surface area contributed by atoms with Crippen LogP contribution >= 0.6 is 0 Å². The minimum absolute atomic E-state index is 0.241. The van der Waals surface area contributed by atoms with E-state index in [2.05, 4.69) is 4.98 Å². The van der Waals surface area contributed by atoms with Gasteiger partial charge < -0.3 is 4.42 Å². The number of rotatable bonds is 0. The van der Waals surface area contributed by atoms with Crippen LogP contribution in [0.25, 0.3) is 11.1 Å². The SMILES string of the molecule is Cc1c(C)c2ccc(=O)[nH]c2oc1=O. The molecule has 0 fully saturated rings. The Morgan fingerprint density at radius 3 is 2.57 bits per heavy atom. The number of hydrogen-bond acceptors (Lipinski definition) is 3. The summed E-state index contributed by atoms with van der Waals surface area (Å²) in [6.45, 7) is 3.53. The van der Waals surface area contributed by atoms with Crippen molar-refractivity contribution in [3.8, 4) is 0 Å². The molecule has 0 aliphatic heterocycles. The number of nitrogens with one attached hydrogen (secondary N) is 1. The fraction of sp³-hybridized carbons (Fsp3) is 0.200. The van der Waals surface area contributed by atoms with E-state index in [0.29, 0.717) is 5.56 Å². The van der Waals surface area contributed by atoms with Crippen LogP contribution in [0.5, 0.6) is 0 Å². The monoisotopic (exact) mass is 191 g/mol. The molecule has 0 saturated heterocycles. The molecule has 4 heteroatoms. The van der Waals surface area contributed by atoms with Gasteiger partial charge in [-0.1, -0.05) is 0 Å². The number of fused-ring (bicyclic) bond motifs is 1. The minimum Gasteiger partial charge on any atom is -0.405 e. The molecule has 0 unspecified atom stereocenters. The number of aromatic nitrogens is 1. The molecule has 1 N–H and O–H groups in total. The fourth-order valence-corrected chi connectivity index (χ4v) is 1.36. The quantitative estimate of drug-likeness (QED) is 0.678. The molecule has 0 atom stereocenters. The zero-order valence-corrected chi connectivity index (χ0v) is 7.88. The summed E-state index contributed by atoms with van der Waals surface area (Å²) in [5.74, 6) is 0. The van der Waals surface area contributed by atoms with Gasteiger partial charge in [-0.05, 0) is 25.5 Å². The lowest BCUT2D eigenvalue weighted by atomic mass is 10.1. The Morgan fingerprint density at radius 2 is 1.86 bits per heavy atom. The Labute approximate surface area is 79.2 Å². The van der Waals surface area contributed by atoms with Crippen molar-refractivity contribution in [2.45, 2.75) is 13.8 Å². The van der Waals surface area contributed by atoms with Crippen LogP contribution in [0.3, 0.4) is 0 Å². The van der Waals surface area contributed by atoms with Crippen molar-refractivity contribution in [3.63, 3.8) is 0 Å². The topological polar surface area (TPSA) is 63.1 Å². The van der Waals surface area contributed by atoms with Crippen molar-refractivity contribution < 1.29 is 4.42 Å². The Kier molecular flexibility index (Phi) is 1.77. The van der Waals surface area contributed by atoms with Gasteiger partial charge in [0.2, 0.25) is 5.71 Å². The molecule has 0 radical (unpaired) electrons. The molecule has 4 nitrogen and oxygen atoms in total. The molecule has 14 heavy (non-hydrogen) atoms. The highest BCUT2D eigenvalue weighted by Gasteiger charge is 2.06. The van der Waals surface area contributed by atoms with Crippen LogP contribution in [0.15, 0.2) is 26.1 Å². The average molecular weight is 191 g/mol. The van der Waals surface area contributed by atoms with Crippen LogP contribution in [0, 0.1) is 13.8 Å². The highest BCUT2D eigenvalue weighted by atomic mass is 16.4. The Balaban J connectivity index is 3.05. The number of pyridine rings is 1. The van der Waals surface area contributed by atoms with Crippen molar-refractivity contribution in [1.82, 2.24) is 4.98 Å². The second-order valence-corrected chi connectivity index (χ2v) is 3.20. The van der Waals surface area contributed by atoms with Crippen molar-refractivity contribution in [2.24, 2.45) is 0 Å². The van der Waals surface area contributed by atoms with Crippen molar-refractivity contribution >= 4 is 11.1 Å². The highest BCUT2D eigenvalue weighted by molar-refractivity contribution is 5.77. The highest BCUT2D eigenvalue weighted by Crippen LogP contribution is 2.14. The first kappa shape index (κ1) is 8.74. The first-order chi connectivity index (χ1) is 6.59. The molecule has 2 heterocycles. The van der Waals surface area contributed by atoms with Gasteiger partial charge in [-0.3, -0.25) is 9.78 Å². The summed E-state index contributed by atoms with van der Waals surface area (Å²) in [5, 5.41) is 0.765. The van der Waals surface area contributed by atoms with Crippen molar-refractivity contribution in [1.29, 1.82) is 0 Å². The first-order valence-corrected chi connectivity index (χ1v) is 4.23. The van der Waals surface area contributed by atoms with Crippen LogP contribution < -0.4 is 11.2 Å². The van der Waals surface area contributed by atoms with Crippen LogP contribution in [-0.2, 0) is 0 Å². The molecule has 0 amide bonds. The van der Waals surface area contributed by atoms with E-state index in [9.17, 15) is 9.59 Å². The number of aromatic amines is 1. The van der Waals surface area contributed by atoms with E-state index in [-0.39, 0.29) is 11.3 Å². The maximum absolute atomic E-state index is 11.3. The van der Waals surface area contributed by atoms with Gasteiger partial charge in [0.15, 0.2) is 0 Å². The van der Waals surface area contributed by atoms with Crippen molar-refractivity contribution in [2.75, 3.05) is 0 Å². The van der Waals surface area contributed by atoms with Gasteiger partial charge in [-0.15, -0.1) is 0 Å². The van der Waals surface area contributed by atoms with Gasteiger partial charge in [-0.25, -0.2) is 4.79 Å². The maximum Gasteiger partial charge on any atom is 0.340 e. The van der Waals surface area contributed by atoms with Gasteiger partial charge in [-0.2, -0.15) is 0 Å². The third-order valence-corrected chi connectivity index (χ3v) is 2.35. The summed E-state index contributed by atoms with van der Waals surface area (Å²) >= 11 is 0. The Morgan fingerprint density at radius 1 is 1.14 bits per heavy atom. The number of aryl methyl sites for hydroxylation is 1. The van der Waals surface area contributed by atoms with Crippen LogP contribution in [-0.4, -0.2) is 4.98 Å². The molecule has 2 aromatic heterocycles. The minimum atomic E-state index is -0.406. The molecule has 0 aliphatic rings. The number of hydrogen-bond donors (Lipinski definition) is 1. The standard InChI is InChI=1S/C10H9NO3/c1-5-6(2)10(13)14-9-7(5)3-4-8(12)11-9/h3-4H,1-2H3,(H,11,12). The second kappa shape index (κ2) is 2.83. The van der Waals surface area contributed by atoms with Gasteiger partial charge >= 0.3 is 5.63 Å². The van der Waals surface area contributed by atoms with E-state index in [1.807, 2.05) is 6.92 Å². The molecule has 2 rings (SSSR count). The van der Waals surface area contributed by atoms with Crippen LogP contribution in [0.2, 0.25) is 0 Å². The van der Waals surface area contributed by atoms with E-state index in [0.717, 1.165) is 10.9 Å². The fourth-order valence-electron chi connectivity index (χ4n) is 1.36. The van der Waals surface area contributed by atoms with Gasteiger partial charge in [0.25, 0.3) is 5.56 Å². The second-order valence-electron chi connectivity index (χ2n) is 3.20. The lowest BCUT2D eigenvalue weighted by Crippen LogP contribution is -2.10. The predicted octanol–water partition coefficient (Wildman–Crippen LogP) is 1.10. The normalized spacial score (nSPS) is 10.7. The smallest absolute Gasteiger partial charge is 0.340 e. The van der Waals surface area contributed by atoms with Crippen molar-refractivity contribution in [3.05, 3.63) is 44.0 Å². The first-order valence-electron chi connectivity index (χ1n) is 4.23. The maximum atomic E-state index is 11.3.